The van der Waals surface area contributed by atoms with Crippen LogP contribution in [-0.4, -0.2) is 0 Å². The summed E-state index contributed by atoms with van der Waals surface area (Å²) in [7, 11) is 0. The number of rotatable bonds is 0. The Hall–Kier alpha value is -1.76. The van der Waals surface area contributed by atoms with Gasteiger partial charge in [-0.2, -0.15) is 0 Å². The Labute approximate surface area is 102 Å². The van der Waals surface area contributed by atoms with Crippen molar-refractivity contribution in [2.24, 2.45) is 17.1 Å². The van der Waals surface area contributed by atoms with Gasteiger partial charge in [0.2, 0.25) is 0 Å². The normalized spacial score (nSPS) is 34.2. The molecule has 0 bridgehead atoms. The second-order valence-electron chi connectivity index (χ2n) is 5.08. The van der Waals surface area contributed by atoms with Crippen molar-refractivity contribution in [1.29, 1.82) is 0 Å². The van der Waals surface area contributed by atoms with Gasteiger partial charge in [0.1, 0.15) is 0 Å². The summed E-state index contributed by atoms with van der Waals surface area (Å²) in [4.78, 5) is 0. The molecule has 0 aromatic carbocycles. The molecule has 0 spiro atoms. The van der Waals surface area contributed by atoms with E-state index in [2.05, 4.69) is 55.5 Å². The van der Waals surface area contributed by atoms with Crippen LogP contribution in [0.15, 0.2) is 71.5 Å². The topological polar surface area (TPSA) is 26.0 Å². The van der Waals surface area contributed by atoms with Gasteiger partial charge in [0.25, 0.3) is 0 Å². The van der Waals surface area contributed by atoms with Gasteiger partial charge in [-0.3, -0.25) is 0 Å². The largest absolute Gasteiger partial charge is 0.399 e. The van der Waals surface area contributed by atoms with Gasteiger partial charge in [0.05, 0.1) is 0 Å². The van der Waals surface area contributed by atoms with E-state index in [0.29, 0.717) is 5.92 Å². The molecule has 0 fully saturated rings. The number of allylic oxidation sites excluding steroid dienone is 11. The zero-order valence-electron chi connectivity index (χ0n) is 10.1. The summed E-state index contributed by atoms with van der Waals surface area (Å²) < 4.78 is 0. The molecule has 2 N–H and O–H groups in total. The van der Waals surface area contributed by atoms with Gasteiger partial charge in [-0.15, -0.1) is 0 Å². The summed E-state index contributed by atoms with van der Waals surface area (Å²) in [5.74, 6) is 0.407. The number of hydrogen-bond donors (Lipinski definition) is 1. The van der Waals surface area contributed by atoms with E-state index in [1.807, 2.05) is 6.08 Å². The minimum Gasteiger partial charge on any atom is -0.399 e. The Morgan fingerprint density at radius 3 is 3.00 bits per heavy atom. The second-order valence-corrected chi connectivity index (χ2v) is 5.08. The average Bonchev–Trinajstić information content (AvgIpc) is 2.45. The van der Waals surface area contributed by atoms with E-state index < -0.39 is 0 Å². The Balaban J connectivity index is 2.12. The molecule has 86 valence electrons. The molecule has 3 aliphatic rings. The molecule has 0 saturated carbocycles. The van der Waals surface area contributed by atoms with Gasteiger partial charge in [-0.05, 0) is 29.7 Å². The summed E-state index contributed by atoms with van der Waals surface area (Å²) in [6.45, 7) is 2.31. The third-order valence-electron chi connectivity index (χ3n) is 3.96. The fourth-order valence-electron chi connectivity index (χ4n) is 2.96. The Bertz CT molecular complexity index is 526. The molecule has 3 rings (SSSR count). The quantitative estimate of drug-likeness (QED) is 0.669. The van der Waals surface area contributed by atoms with Crippen LogP contribution >= 0.6 is 0 Å². The summed E-state index contributed by atoms with van der Waals surface area (Å²) in [6, 6.07) is 0. The van der Waals surface area contributed by atoms with Crippen LogP contribution in [0.2, 0.25) is 0 Å². The van der Waals surface area contributed by atoms with Crippen LogP contribution in [0, 0.1) is 11.3 Å². The fourth-order valence-corrected chi connectivity index (χ4v) is 2.96. The van der Waals surface area contributed by atoms with Crippen molar-refractivity contribution in [1.82, 2.24) is 0 Å². The molecule has 2 atom stereocenters. The summed E-state index contributed by atoms with van der Waals surface area (Å²) in [5, 5.41) is 0. The third-order valence-corrected chi connectivity index (χ3v) is 3.96. The van der Waals surface area contributed by atoms with E-state index in [9.17, 15) is 0 Å². The average molecular weight is 223 g/mol. The predicted octanol–water partition coefficient (Wildman–Crippen LogP) is 3.40. The highest BCUT2D eigenvalue weighted by Crippen LogP contribution is 2.47. The van der Waals surface area contributed by atoms with Crippen LogP contribution in [0.5, 0.6) is 0 Å². The van der Waals surface area contributed by atoms with Crippen molar-refractivity contribution in [3.63, 3.8) is 0 Å². The zero-order chi connectivity index (χ0) is 11.9. The van der Waals surface area contributed by atoms with Crippen LogP contribution in [0.25, 0.3) is 0 Å². The smallest absolute Gasteiger partial charge is 0.0313 e. The van der Waals surface area contributed by atoms with E-state index in [4.69, 9.17) is 5.73 Å². The molecule has 0 amide bonds. The van der Waals surface area contributed by atoms with Crippen molar-refractivity contribution in [3.8, 4) is 0 Å². The molecule has 0 aromatic heterocycles. The lowest BCUT2D eigenvalue weighted by molar-refractivity contribution is 0.427. The molecule has 1 heteroatoms. The first kappa shape index (κ1) is 10.4. The molecule has 0 heterocycles. The van der Waals surface area contributed by atoms with Crippen molar-refractivity contribution in [2.45, 2.75) is 13.3 Å². The highest BCUT2D eigenvalue weighted by atomic mass is 14.6. The van der Waals surface area contributed by atoms with Gasteiger partial charge < -0.3 is 5.73 Å². The highest BCUT2D eigenvalue weighted by Gasteiger charge is 2.37. The number of hydrogen-bond acceptors (Lipinski definition) is 1. The Kier molecular flexibility index (Phi) is 2.22. The molecular formula is C16H17N. The zero-order valence-corrected chi connectivity index (χ0v) is 10.1. The van der Waals surface area contributed by atoms with E-state index >= 15 is 0 Å². The Morgan fingerprint density at radius 2 is 2.12 bits per heavy atom. The first-order valence-corrected chi connectivity index (χ1v) is 6.12. The van der Waals surface area contributed by atoms with Crippen molar-refractivity contribution in [2.75, 3.05) is 0 Å². The highest BCUT2D eigenvalue weighted by molar-refractivity contribution is 5.49. The molecular weight excluding hydrogens is 206 g/mol. The lowest BCUT2D eigenvalue weighted by Gasteiger charge is -2.37. The number of nitrogens with two attached hydrogens (primary N) is 1. The Morgan fingerprint density at radius 1 is 1.24 bits per heavy atom. The third kappa shape index (κ3) is 1.54. The van der Waals surface area contributed by atoms with Gasteiger partial charge in [-0.1, -0.05) is 49.5 Å². The molecule has 1 nitrogen and oxygen atoms in total. The first-order valence-electron chi connectivity index (χ1n) is 6.12. The van der Waals surface area contributed by atoms with Crippen LogP contribution < -0.4 is 5.73 Å². The molecule has 2 unspecified atom stereocenters. The van der Waals surface area contributed by atoms with E-state index in [1.54, 1.807) is 0 Å². The van der Waals surface area contributed by atoms with Gasteiger partial charge in [0.15, 0.2) is 0 Å². The summed E-state index contributed by atoms with van der Waals surface area (Å²) in [5.41, 5.74) is 9.58. The van der Waals surface area contributed by atoms with Crippen molar-refractivity contribution < 1.29 is 0 Å². The maximum absolute atomic E-state index is 5.89. The minimum absolute atomic E-state index is 0.0742. The molecule has 3 aliphatic carbocycles. The molecule has 0 saturated heterocycles. The standard InChI is InChI=1S/C16H17N/c1-16-10-3-2-6-13(16)7-4-5-12-11-14(17)8-9-15(12)16/h2-3,5-11,15H,4,17H2,1H3. The fraction of sp³-hybridized carbons (Fsp3) is 0.250. The van der Waals surface area contributed by atoms with E-state index in [-0.39, 0.29) is 5.41 Å². The minimum atomic E-state index is 0.0742. The second kappa shape index (κ2) is 3.63. The van der Waals surface area contributed by atoms with E-state index in [0.717, 1.165) is 12.1 Å². The molecule has 17 heavy (non-hydrogen) atoms. The molecule has 0 aromatic rings. The lowest BCUT2D eigenvalue weighted by Crippen LogP contribution is -2.28. The maximum atomic E-state index is 5.89. The first-order chi connectivity index (χ1) is 8.20. The monoisotopic (exact) mass is 223 g/mol. The molecule has 0 radical (unpaired) electrons. The van der Waals surface area contributed by atoms with Crippen molar-refractivity contribution in [3.05, 3.63) is 71.5 Å². The summed E-state index contributed by atoms with van der Waals surface area (Å²) in [6.07, 6.45) is 20.8. The van der Waals surface area contributed by atoms with E-state index in [1.165, 1.54) is 11.1 Å². The van der Waals surface area contributed by atoms with Crippen LogP contribution in [0.1, 0.15) is 13.3 Å². The maximum Gasteiger partial charge on any atom is 0.0313 e. The lowest BCUT2D eigenvalue weighted by atomic mass is 9.66. The van der Waals surface area contributed by atoms with Gasteiger partial charge in [0, 0.05) is 17.0 Å². The van der Waals surface area contributed by atoms with Crippen molar-refractivity contribution >= 4 is 0 Å². The van der Waals surface area contributed by atoms with Gasteiger partial charge in [-0.25, -0.2) is 0 Å². The molecule has 0 aliphatic heterocycles. The van der Waals surface area contributed by atoms with Crippen LogP contribution in [0.3, 0.4) is 0 Å². The SMILES string of the molecule is CC12C=CC=CC1=CCC=C1C=C(N)C=CC12. The van der Waals surface area contributed by atoms with Gasteiger partial charge >= 0.3 is 0 Å². The van der Waals surface area contributed by atoms with Crippen LogP contribution in [0.4, 0.5) is 0 Å². The predicted molar refractivity (Wildman–Crippen MR) is 72.1 cm³/mol. The summed E-state index contributed by atoms with van der Waals surface area (Å²) >= 11 is 0. The number of fused-ring (bicyclic) bond motifs is 3. The van der Waals surface area contributed by atoms with Crippen LogP contribution in [-0.2, 0) is 0 Å².